The van der Waals surface area contributed by atoms with Gasteiger partial charge < -0.3 is 10.3 Å². The smallest absolute Gasteiger partial charge is 0.259 e. The van der Waals surface area contributed by atoms with Crippen LogP contribution in [0.25, 0.3) is 10.2 Å². The Morgan fingerprint density at radius 2 is 2.07 bits per heavy atom. The minimum absolute atomic E-state index is 0.0421. The normalized spacial score (nSPS) is 13.5. The van der Waals surface area contributed by atoms with E-state index in [1.165, 1.54) is 34.2 Å². The zero-order valence-electron chi connectivity index (χ0n) is 16.1. The molecule has 1 aromatic carbocycles. The Bertz CT molecular complexity index is 1100. The van der Waals surface area contributed by atoms with E-state index in [0.717, 1.165) is 40.7 Å². The number of nitrogens with one attached hydrogen (secondary N) is 2. The van der Waals surface area contributed by atoms with Gasteiger partial charge in [-0.25, -0.2) is 4.98 Å². The summed E-state index contributed by atoms with van der Waals surface area (Å²) in [5, 5.41) is 3.70. The summed E-state index contributed by atoms with van der Waals surface area (Å²) in [6, 6.07) is 5.89. The number of H-pyrrole nitrogens is 1. The second-order valence-electron chi connectivity index (χ2n) is 7.24. The van der Waals surface area contributed by atoms with E-state index in [1.54, 1.807) is 11.3 Å². The van der Waals surface area contributed by atoms with Gasteiger partial charge >= 0.3 is 0 Å². The standard InChI is InChI=1S/C21H23N3O2S2/c1-12-7-8-14(9-13(12)2)22-18(25)11-27-10-17-23-20(26)19-15-5-3-4-6-16(15)28-21(19)24-17/h7-9H,3-6,10-11H2,1-2H3,(H,22,25)(H,23,24,26). The Morgan fingerprint density at radius 1 is 1.25 bits per heavy atom. The number of thiophene rings is 1. The summed E-state index contributed by atoms with van der Waals surface area (Å²) in [6.07, 6.45) is 4.37. The Hall–Kier alpha value is -2.12. The first-order valence-corrected chi connectivity index (χ1v) is 11.5. The number of thioether (sulfide) groups is 1. The van der Waals surface area contributed by atoms with E-state index in [9.17, 15) is 9.59 Å². The fraction of sp³-hybridized carbons (Fsp3) is 0.381. The molecule has 7 heteroatoms. The summed E-state index contributed by atoms with van der Waals surface area (Å²) in [4.78, 5) is 34.5. The largest absolute Gasteiger partial charge is 0.325 e. The van der Waals surface area contributed by atoms with Gasteiger partial charge in [0.05, 0.1) is 16.9 Å². The van der Waals surface area contributed by atoms with Crippen molar-refractivity contribution in [3.05, 3.63) is 55.9 Å². The van der Waals surface area contributed by atoms with E-state index in [0.29, 0.717) is 17.3 Å². The molecule has 0 fully saturated rings. The van der Waals surface area contributed by atoms with Crippen LogP contribution < -0.4 is 10.9 Å². The second kappa shape index (κ2) is 8.09. The molecule has 1 aliphatic rings. The van der Waals surface area contributed by atoms with E-state index in [1.807, 2.05) is 32.0 Å². The first kappa shape index (κ1) is 19.2. The monoisotopic (exact) mass is 413 g/mol. The highest BCUT2D eigenvalue weighted by Gasteiger charge is 2.19. The molecule has 146 valence electrons. The number of benzene rings is 1. The molecule has 4 rings (SSSR count). The first-order chi connectivity index (χ1) is 13.5. The minimum atomic E-state index is -0.0525. The number of amides is 1. The summed E-state index contributed by atoms with van der Waals surface area (Å²) in [5.41, 5.74) is 4.32. The first-order valence-electron chi connectivity index (χ1n) is 9.49. The highest BCUT2D eigenvalue weighted by Crippen LogP contribution is 2.33. The zero-order chi connectivity index (χ0) is 19.7. The molecule has 0 unspecified atom stereocenters. The number of aryl methyl sites for hydroxylation is 4. The van der Waals surface area contributed by atoms with Crippen LogP contribution in [-0.2, 0) is 23.4 Å². The molecule has 2 heterocycles. The van der Waals surface area contributed by atoms with Crippen LogP contribution in [0.15, 0.2) is 23.0 Å². The molecule has 0 radical (unpaired) electrons. The van der Waals surface area contributed by atoms with Gasteiger partial charge in [0.1, 0.15) is 10.7 Å². The summed E-state index contributed by atoms with van der Waals surface area (Å²) in [6.45, 7) is 4.08. The van der Waals surface area contributed by atoms with E-state index >= 15 is 0 Å². The Morgan fingerprint density at radius 3 is 2.89 bits per heavy atom. The summed E-state index contributed by atoms with van der Waals surface area (Å²) < 4.78 is 0. The maximum absolute atomic E-state index is 12.6. The Balaban J connectivity index is 1.39. The van der Waals surface area contributed by atoms with Crippen LogP contribution in [0.5, 0.6) is 0 Å². The zero-order valence-corrected chi connectivity index (χ0v) is 17.7. The molecule has 1 aliphatic carbocycles. The molecule has 3 aromatic rings. The van der Waals surface area contributed by atoms with Crippen molar-refractivity contribution in [1.29, 1.82) is 0 Å². The third-order valence-corrected chi connectivity index (χ3v) is 7.27. The Kier molecular flexibility index (Phi) is 5.55. The van der Waals surface area contributed by atoms with Crippen LogP contribution >= 0.6 is 23.1 Å². The minimum Gasteiger partial charge on any atom is -0.325 e. The van der Waals surface area contributed by atoms with Crippen LogP contribution in [0.1, 0.15) is 40.2 Å². The van der Waals surface area contributed by atoms with Gasteiger partial charge in [0.15, 0.2) is 0 Å². The van der Waals surface area contributed by atoms with Crippen molar-refractivity contribution in [2.45, 2.75) is 45.3 Å². The van der Waals surface area contributed by atoms with Crippen LogP contribution in [0.2, 0.25) is 0 Å². The van der Waals surface area contributed by atoms with Crippen molar-refractivity contribution >= 4 is 44.9 Å². The van der Waals surface area contributed by atoms with E-state index < -0.39 is 0 Å². The van der Waals surface area contributed by atoms with Crippen LogP contribution in [0.3, 0.4) is 0 Å². The predicted molar refractivity (Wildman–Crippen MR) is 118 cm³/mol. The molecule has 0 saturated carbocycles. The van der Waals surface area contributed by atoms with Crippen LogP contribution in [0.4, 0.5) is 5.69 Å². The Labute approximate surface area is 172 Å². The van der Waals surface area contributed by atoms with Crippen molar-refractivity contribution in [2.24, 2.45) is 0 Å². The van der Waals surface area contributed by atoms with E-state index in [4.69, 9.17) is 0 Å². The van der Waals surface area contributed by atoms with Crippen LogP contribution in [-0.4, -0.2) is 21.6 Å². The quantitative estimate of drug-likeness (QED) is 0.652. The second-order valence-corrected chi connectivity index (χ2v) is 9.31. The molecule has 0 saturated heterocycles. The number of anilines is 1. The summed E-state index contributed by atoms with van der Waals surface area (Å²) in [7, 11) is 0. The molecule has 1 amide bonds. The number of rotatable bonds is 5. The van der Waals surface area contributed by atoms with Crippen molar-refractivity contribution in [3.8, 4) is 0 Å². The van der Waals surface area contributed by atoms with Gasteiger partial charge in [-0.3, -0.25) is 9.59 Å². The number of hydrogen-bond acceptors (Lipinski definition) is 5. The maximum atomic E-state index is 12.6. The molecule has 0 atom stereocenters. The van der Waals surface area contributed by atoms with Gasteiger partial charge in [-0.15, -0.1) is 23.1 Å². The molecule has 0 bridgehead atoms. The predicted octanol–water partition coefficient (Wildman–Crippen LogP) is 4.35. The molecular formula is C21H23N3O2S2. The fourth-order valence-corrected chi connectivity index (χ4v) is 5.50. The molecule has 0 aliphatic heterocycles. The SMILES string of the molecule is Cc1ccc(NC(=O)CSCc2nc3sc4c(c3c(=O)[nH]2)CCCC4)cc1C. The fourth-order valence-electron chi connectivity index (χ4n) is 3.53. The highest BCUT2D eigenvalue weighted by molar-refractivity contribution is 7.99. The third-order valence-electron chi connectivity index (χ3n) is 5.14. The number of aromatic amines is 1. The molecular weight excluding hydrogens is 390 g/mol. The number of aromatic nitrogens is 2. The lowest BCUT2D eigenvalue weighted by Gasteiger charge is -2.09. The summed E-state index contributed by atoms with van der Waals surface area (Å²) in [5.74, 6) is 1.41. The molecule has 2 N–H and O–H groups in total. The summed E-state index contributed by atoms with van der Waals surface area (Å²) >= 11 is 3.11. The van der Waals surface area contributed by atoms with Crippen molar-refractivity contribution in [3.63, 3.8) is 0 Å². The van der Waals surface area contributed by atoms with Crippen molar-refractivity contribution < 1.29 is 4.79 Å². The highest BCUT2D eigenvalue weighted by atomic mass is 32.2. The van der Waals surface area contributed by atoms with Crippen molar-refractivity contribution in [1.82, 2.24) is 9.97 Å². The molecule has 0 spiro atoms. The van der Waals surface area contributed by atoms with Crippen LogP contribution in [0, 0.1) is 13.8 Å². The molecule has 28 heavy (non-hydrogen) atoms. The molecule has 2 aromatic heterocycles. The van der Waals surface area contributed by atoms with Gasteiger partial charge in [0.2, 0.25) is 5.91 Å². The van der Waals surface area contributed by atoms with Crippen molar-refractivity contribution in [2.75, 3.05) is 11.1 Å². The lowest BCUT2D eigenvalue weighted by atomic mass is 9.97. The van der Waals surface area contributed by atoms with Gasteiger partial charge in [-0.2, -0.15) is 0 Å². The lowest BCUT2D eigenvalue weighted by molar-refractivity contribution is -0.113. The number of carbonyl (C=O) groups excluding carboxylic acids is 1. The number of hydrogen-bond donors (Lipinski definition) is 2. The topological polar surface area (TPSA) is 74.8 Å². The average molecular weight is 414 g/mol. The number of nitrogens with zero attached hydrogens (tertiary/aromatic N) is 1. The maximum Gasteiger partial charge on any atom is 0.259 e. The molecule has 5 nitrogen and oxygen atoms in total. The van der Waals surface area contributed by atoms with Gasteiger partial charge in [-0.05, 0) is 68.4 Å². The lowest BCUT2D eigenvalue weighted by Crippen LogP contribution is -2.15. The number of fused-ring (bicyclic) bond motifs is 3. The van der Waals surface area contributed by atoms with E-state index in [-0.39, 0.29) is 11.5 Å². The van der Waals surface area contributed by atoms with E-state index in [2.05, 4.69) is 15.3 Å². The third kappa shape index (κ3) is 4.00. The van der Waals surface area contributed by atoms with Gasteiger partial charge in [-0.1, -0.05) is 6.07 Å². The van der Waals surface area contributed by atoms with Gasteiger partial charge in [0, 0.05) is 10.6 Å². The average Bonchev–Trinajstić information content (AvgIpc) is 3.03. The van der Waals surface area contributed by atoms with Gasteiger partial charge in [0.25, 0.3) is 5.56 Å². The number of carbonyl (C=O) groups is 1.